The molecule has 0 nitrogen and oxygen atoms in total. The fourth-order valence-corrected chi connectivity index (χ4v) is 27.0. The highest BCUT2D eigenvalue weighted by atomic mass is 14.5. The van der Waals surface area contributed by atoms with Crippen LogP contribution in [0.1, 0.15) is 74.9 Å². The number of benzene rings is 28. The zero-order valence-electron chi connectivity index (χ0n) is 84.0. The van der Waals surface area contributed by atoms with Gasteiger partial charge in [0.15, 0.2) is 0 Å². The van der Waals surface area contributed by atoms with Gasteiger partial charge in [-0.1, -0.05) is 533 Å². The van der Waals surface area contributed by atoms with Crippen LogP contribution in [0.2, 0.25) is 0 Å². The molecule has 3 aliphatic rings. The molecule has 3 aliphatic carbocycles. The summed E-state index contributed by atoms with van der Waals surface area (Å²) in [6, 6.07) is 190. The lowest BCUT2D eigenvalue weighted by molar-refractivity contribution is 0.661. The number of hydrogen-bond donors (Lipinski definition) is 0. The van der Waals surface area contributed by atoms with Gasteiger partial charge in [-0.3, -0.25) is 0 Å². The molecular weight excluding hydrogens is 1790 g/mol. The van der Waals surface area contributed by atoms with Gasteiger partial charge in [0.2, 0.25) is 0 Å². The van der Waals surface area contributed by atoms with Crippen molar-refractivity contribution in [3.63, 3.8) is 0 Å². The largest absolute Gasteiger partial charge is 0.0616 e. The Morgan fingerprint density at radius 1 is 0.101 bits per heavy atom. The van der Waals surface area contributed by atoms with E-state index in [2.05, 4.69) is 551 Å². The molecule has 28 aromatic carbocycles. The molecule has 0 aromatic heterocycles. The van der Waals surface area contributed by atoms with Crippen LogP contribution < -0.4 is 0 Å². The van der Waals surface area contributed by atoms with Crippen LogP contribution in [0, 0.1) is 0 Å². The lowest BCUT2D eigenvalue weighted by atomic mass is 9.80. The minimum Gasteiger partial charge on any atom is -0.0616 e. The van der Waals surface area contributed by atoms with Crippen molar-refractivity contribution in [3.05, 3.63) is 543 Å². The standard InChI is InChI=1S/C53H36.C49H34.C47H32/c1-53(2)47-25-13-24-45(52(47)51-38-17-6-3-14-33(38)30-31-48(51)53)50-43-22-11-9-20-41(43)49(42-21-10-12-23-44(42)50)35-28-26-34(27-29-35)46-32-36-15-4-5-16-37(36)39-18-7-8-19-40(39)46;1-49(2)43-21-11-20-42(48(43)47-37-15-6-5-13-33(37)28-29-44(47)49)46-40-18-9-7-16-38(40)45(39-17-8-10-19-41(39)46)34-25-22-32(23-26-34)36-27-24-31-12-3-4-14-35(31)30-36;1-47(2)41-25-13-24-39(46(41)45-32-17-6-3-14-29(32)26-27-42(45)47)43-35-20-9-11-22-37(35)44(38-23-12-10-21-36(38)43)40-28-30-15-4-5-16-31(30)33-18-7-8-19-34(33)40/h3-32H,1-2H3;3-30H,1-2H3;3-28H,1-2H3. The zero-order valence-corrected chi connectivity index (χ0v) is 84.0. The lowest BCUT2D eigenvalue weighted by Crippen LogP contribution is -2.14. The fourth-order valence-electron chi connectivity index (χ4n) is 27.0. The topological polar surface area (TPSA) is 0 Å². The number of rotatable bonds is 8. The average Bonchev–Trinajstić information content (AvgIpc) is 1.62. The first-order valence-corrected chi connectivity index (χ1v) is 52.6. The van der Waals surface area contributed by atoms with Crippen molar-refractivity contribution in [2.45, 2.75) is 57.8 Å². The molecule has 149 heavy (non-hydrogen) atoms. The molecule has 0 saturated carbocycles. The van der Waals surface area contributed by atoms with Gasteiger partial charge in [-0.15, -0.1) is 0 Å². The third kappa shape index (κ3) is 13.4. The summed E-state index contributed by atoms with van der Waals surface area (Å²) in [4.78, 5) is 0. The minimum absolute atomic E-state index is 0.0942. The fraction of sp³-hybridized carbons (Fsp3) is 0.0604. The van der Waals surface area contributed by atoms with Crippen LogP contribution in [0.5, 0.6) is 0 Å². The van der Waals surface area contributed by atoms with Crippen LogP contribution in [0.15, 0.2) is 510 Å². The van der Waals surface area contributed by atoms with Gasteiger partial charge in [-0.25, -0.2) is 0 Å². The highest BCUT2D eigenvalue weighted by Crippen LogP contribution is 2.62. The van der Waals surface area contributed by atoms with Crippen molar-refractivity contribution in [2.24, 2.45) is 0 Å². The van der Waals surface area contributed by atoms with Crippen LogP contribution in [-0.2, 0) is 16.2 Å². The second-order valence-corrected chi connectivity index (χ2v) is 42.8. The zero-order chi connectivity index (χ0) is 99.2. The summed E-state index contributed by atoms with van der Waals surface area (Å²) >= 11 is 0. The van der Waals surface area contributed by atoms with Gasteiger partial charge in [0.25, 0.3) is 0 Å². The molecule has 0 radical (unpaired) electrons. The van der Waals surface area contributed by atoms with E-state index in [1.165, 1.54) is 307 Å². The summed E-state index contributed by atoms with van der Waals surface area (Å²) < 4.78 is 0. The molecule has 0 fully saturated rings. The van der Waals surface area contributed by atoms with Gasteiger partial charge in [0.1, 0.15) is 0 Å². The van der Waals surface area contributed by atoms with E-state index in [1.54, 1.807) is 0 Å². The van der Waals surface area contributed by atoms with Gasteiger partial charge in [-0.05, 0) is 325 Å². The van der Waals surface area contributed by atoms with Gasteiger partial charge >= 0.3 is 0 Å². The summed E-state index contributed by atoms with van der Waals surface area (Å²) in [7, 11) is 0. The second kappa shape index (κ2) is 34.0. The summed E-state index contributed by atoms with van der Waals surface area (Å²) in [5.41, 5.74) is 36.9. The van der Waals surface area contributed by atoms with E-state index < -0.39 is 0 Å². The van der Waals surface area contributed by atoms with E-state index in [9.17, 15) is 0 Å². The Kier molecular flexibility index (Phi) is 19.9. The SMILES string of the molecule is CC1(C)c2cccc(-c3c4ccccc4c(-c4cc5ccccc5c5ccccc45)c4ccccc34)c2-c2c1ccc1ccccc21.CC1(C)c2cccc(-c3c4ccccc4c(-c4ccc(-c5cc6ccccc6c6ccccc56)cc4)c4ccccc34)c2-c2c1ccc1ccccc21.CC1(C)c2cccc(-c3c4ccccc4c(-c4ccc(-c5ccc6ccccc6c5)cc4)c4ccccc34)c2-c2c1ccc1ccccc21. The van der Waals surface area contributed by atoms with E-state index in [1.807, 2.05) is 0 Å². The molecule has 31 rings (SSSR count). The summed E-state index contributed by atoms with van der Waals surface area (Å²) in [6.07, 6.45) is 0. The quantitative estimate of drug-likeness (QED) is 0.105. The molecule has 0 N–H and O–H groups in total. The van der Waals surface area contributed by atoms with Crippen LogP contribution in [0.25, 0.3) is 273 Å². The molecule has 0 unspecified atom stereocenters. The second-order valence-electron chi connectivity index (χ2n) is 42.8. The van der Waals surface area contributed by atoms with Crippen molar-refractivity contribution < 1.29 is 0 Å². The summed E-state index contributed by atoms with van der Waals surface area (Å²) in [5, 5.41) is 36.1. The first kappa shape index (κ1) is 87.4. The minimum atomic E-state index is -0.103. The molecule has 0 amide bonds. The van der Waals surface area contributed by atoms with Crippen LogP contribution in [-0.4, -0.2) is 0 Å². The Labute approximate surface area is 867 Å². The van der Waals surface area contributed by atoms with Crippen LogP contribution in [0.4, 0.5) is 0 Å². The van der Waals surface area contributed by atoms with Crippen molar-refractivity contribution in [1.29, 1.82) is 0 Å². The van der Waals surface area contributed by atoms with Crippen molar-refractivity contribution in [1.82, 2.24) is 0 Å². The molecule has 28 aromatic rings. The maximum atomic E-state index is 2.41. The van der Waals surface area contributed by atoms with Crippen LogP contribution >= 0.6 is 0 Å². The summed E-state index contributed by atoms with van der Waals surface area (Å²) in [6.45, 7) is 14.3. The first-order valence-electron chi connectivity index (χ1n) is 52.6. The third-order valence-electron chi connectivity index (χ3n) is 33.9. The monoisotopic (exact) mass is 1890 g/mol. The van der Waals surface area contributed by atoms with E-state index in [4.69, 9.17) is 0 Å². The van der Waals surface area contributed by atoms with Gasteiger partial charge in [0, 0.05) is 16.2 Å². The summed E-state index contributed by atoms with van der Waals surface area (Å²) in [5.74, 6) is 0. The Hall–Kier alpha value is -18.2. The van der Waals surface area contributed by atoms with Crippen molar-refractivity contribution >= 4 is 151 Å². The number of fused-ring (bicyclic) bond motifs is 28. The number of hydrogen-bond acceptors (Lipinski definition) is 0. The smallest absolute Gasteiger partial charge is 0.0159 e. The van der Waals surface area contributed by atoms with Gasteiger partial charge in [-0.2, -0.15) is 0 Å². The van der Waals surface area contributed by atoms with E-state index in [-0.39, 0.29) is 16.2 Å². The first-order chi connectivity index (χ1) is 73.3. The lowest BCUT2D eigenvalue weighted by Gasteiger charge is -2.23. The van der Waals surface area contributed by atoms with Crippen molar-refractivity contribution in [2.75, 3.05) is 0 Å². The predicted molar refractivity (Wildman–Crippen MR) is 641 cm³/mol. The Morgan fingerprint density at radius 2 is 0.322 bits per heavy atom. The molecular formula is C149H102. The predicted octanol–water partition coefficient (Wildman–Crippen LogP) is 41.5. The molecule has 0 bridgehead atoms. The van der Waals surface area contributed by atoms with E-state index in [0.717, 1.165) is 0 Å². The van der Waals surface area contributed by atoms with E-state index in [0.29, 0.717) is 0 Å². The highest BCUT2D eigenvalue weighted by molar-refractivity contribution is 6.30. The van der Waals surface area contributed by atoms with Gasteiger partial charge < -0.3 is 0 Å². The van der Waals surface area contributed by atoms with Crippen molar-refractivity contribution in [3.8, 4) is 122 Å². The Bertz CT molecular complexity index is 10400. The Morgan fingerprint density at radius 3 is 0.658 bits per heavy atom. The molecule has 698 valence electrons. The molecule has 0 aliphatic heterocycles. The Balaban J connectivity index is 0.000000105. The highest BCUT2D eigenvalue weighted by Gasteiger charge is 2.43. The average molecular weight is 1890 g/mol. The molecule has 0 saturated heterocycles. The maximum absolute atomic E-state index is 2.41. The normalized spacial score (nSPS) is 13.3. The maximum Gasteiger partial charge on any atom is 0.0159 e. The van der Waals surface area contributed by atoms with Gasteiger partial charge in [0.05, 0.1) is 0 Å². The van der Waals surface area contributed by atoms with Crippen LogP contribution in [0.3, 0.4) is 0 Å². The van der Waals surface area contributed by atoms with E-state index >= 15 is 0 Å². The molecule has 0 spiro atoms. The molecule has 0 heteroatoms. The molecule has 0 heterocycles. The third-order valence-corrected chi connectivity index (χ3v) is 33.9. The molecule has 0 atom stereocenters.